The second-order valence-electron chi connectivity index (χ2n) is 5.82. The molecule has 1 aliphatic heterocycles. The minimum Gasteiger partial charge on any atom is -0.465 e. The number of rotatable bonds is 5. The van der Waals surface area contributed by atoms with Gasteiger partial charge < -0.3 is 9.64 Å². The van der Waals surface area contributed by atoms with Gasteiger partial charge >= 0.3 is 5.97 Å². The summed E-state index contributed by atoms with van der Waals surface area (Å²) in [5.74, 6) is -0.510. The zero-order chi connectivity index (χ0) is 18.7. The molecule has 2 aromatic rings. The Morgan fingerprint density at radius 2 is 1.88 bits per heavy atom. The van der Waals surface area contributed by atoms with Crippen molar-refractivity contribution in [2.24, 2.45) is 0 Å². The molecule has 1 heterocycles. The van der Waals surface area contributed by atoms with Crippen LogP contribution in [0.25, 0.3) is 0 Å². The summed E-state index contributed by atoms with van der Waals surface area (Å²) in [5, 5.41) is 0. The molecule has 1 aliphatic rings. The second kappa shape index (κ2) is 7.17. The molecule has 0 atom stereocenters. The molecule has 1 fully saturated rings. The van der Waals surface area contributed by atoms with Crippen molar-refractivity contribution in [2.45, 2.75) is 17.7 Å². The van der Waals surface area contributed by atoms with E-state index in [4.69, 9.17) is 0 Å². The van der Waals surface area contributed by atoms with Gasteiger partial charge in [-0.25, -0.2) is 13.2 Å². The molecule has 8 heteroatoms. The van der Waals surface area contributed by atoms with E-state index >= 15 is 0 Å². The SMILES string of the molecule is COC(=O)c1cccc(NS(=O)(=O)c2ccc(N3CCCC3=O)cc2)c1. The van der Waals surface area contributed by atoms with Crippen LogP contribution in [-0.4, -0.2) is 33.9 Å². The van der Waals surface area contributed by atoms with Crippen molar-refractivity contribution in [3.05, 3.63) is 54.1 Å². The van der Waals surface area contributed by atoms with Crippen LogP contribution in [0.15, 0.2) is 53.4 Å². The molecule has 0 aliphatic carbocycles. The van der Waals surface area contributed by atoms with Gasteiger partial charge in [-0.1, -0.05) is 6.07 Å². The summed E-state index contributed by atoms with van der Waals surface area (Å²) in [7, 11) is -2.57. The first kappa shape index (κ1) is 17.9. The second-order valence-corrected chi connectivity index (χ2v) is 7.50. The predicted molar refractivity (Wildman–Crippen MR) is 96.6 cm³/mol. The Hall–Kier alpha value is -2.87. The molecule has 1 N–H and O–H groups in total. The summed E-state index contributed by atoms with van der Waals surface area (Å²) in [4.78, 5) is 25.0. The quantitative estimate of drug-likeness (QED) is 0.811. The number of esters is 1. The molecule has 0 unspecified atom stereocenters. The van der Waals surface area contributed by atoms with E-state index in [1.807, 2.05) is 0 Å². The lowest BCUT2D eigenvalue weighted by atomic mass is 10.2. The van der Waals surface area contributed by atoms with Gasteiger partial charge in [0.05, 0.1) is 17.6 Å². The fourth-order valence-electron chi connectivity index (χ4n) is 2.77. The first-order valence-electron chi connectivity index (χ1n) is 8.02. The monoisotopic (exact) mass is 374 g/mol. The lowest BCUT2D eigenvalue weighted by molar-refractivity contribution is -0.117. The summed E-state index contributed by atoms with van der Waals surface area (Å²) in [6, 6.07) is 12.2. The van der Waals surface area contributed by atoms with Crippen molar-refractivity contribution in [1.29, 1.82) is 0 Å². The Morgan fingerprint density at radius 3 is 2.50 bits per heavy atom. The number of ether oxygens (including phenoxy) is 1. The summed E-state index contributed by atoms with van der Waals surface area (Å²) in [5.41, 5.74) is 1.18. The van der Waals surface area contributed by atoms with Crippen LogP contribution in [0.3, 0.4) is 0 Å². The zero-order valence-electron chi connectivity index (χ0n) is 14.1. The molecular weight excluding hydrogens is 356 g/mol. The molecule has 26 heavy (non-hydrogen) atoms. The Bertz CT molecular complexity index is 938. The molecule has 3 rings (SSSR count). The van der Waals surface area contributed by atoms with Crippen molar-refractivity contribution in [2.75, 3.05) is 23.3 Å². The highest BCUT2D eigenvalue weighted by Gasteiger charge is 2.22. The Morgan fingerprint density at radius 1 is 1.15 bits per heavy atom. The van der Waals surface area contributed by atoms with Crippen molar-refractivity contribution in [3.8, 4) is 0 Å². The lowest BCUT2D eigenvalue weighted by Crippen LogP contribution is -2.23. The number of carbonyl (C=O) groups is 2. The number of amides is 1. The molecule has 0 radical (unpaired) electrons. The number of benzene rings is 2. The average molecular weight is 374 g/mol. The number of nitrogens with one attached hydrogen (secondary N) is 1. The number of methoxy groups -OCH3 is 1. The van der Waals surface area contributed by atoms with Crippen LogP contribution < -0.4 is 9.62 Å². The number of sulfonamides is 1. The normalized spacial score (nSPS) is 14.3. The summed E-state index contributed by atoms with van der Waals surface area (Å²) in [6.07, 6.45) is 1.31. The Labute approximate surface area is 151 Å². The van der Waals surface area contributed by atoms with E-state index < -0.39 is 16.0 Å². The zero-order valence-corrected chi connectivity index (χ0v) is 15.0. The topological polar surface area (TPSA) is 92.8 Å². The molecule has 1 saturated heterocycles. The van der Waals surface area contributed by atoms with Crippen molar-refractivity contribution >= 4 is 33.3 Å². The first-order valence-corrected chi connectivity index (χ1v) is 9.51. The molecule has 2 aromatic carbocycles. The highest BCUT2D eigenvalue weighted by Crippen LogP contribution is 2.24. The highest BCUT2D eigenvalue weighted by atomic mass is 32.2. The number of hydrogen-bond acceptors (Lipinski definition) is 5. The Balaban J connectivity index is 1.80. The largest absolute Gasteiger partial charge is 0.465 e. The van der Waals surface area contributed by atoms with Crippen LogP contribution in [0.4, 0.5) is 11.4 Å². The predicted octanol–water partition coefficient (Wildman–Crippen LogP) is 2.40. The lowest BCUT2D eigenvalue weighted by Gasteiger charge is -2.16. The van der Waals surface area contributed by atoms with Crippen LogP contribution in [0.5, 0.6) is 0 Å². The minimum absolute atomic E-state index is 0.0401. The van der Waals surface area contributed by atoms with E-state index in [0.29, 0.717) is 18.7 Å². The van der Waals surface area contributed by atoms with Crippen molar-refractivity contribution in [1.82, 2.24) is 0 Å². The molecule has 0 spiro atoms. The molecule has 0 saturated carbocycles. The summed E-state index contributed by atoms with van der Waals surface area (Å²) < 4.78 is 32.1. The average Bonchev–Trinajstić information content (AvgIpc) is 3.07. The number of anilines is 2. The van der Waals surface area contributed by atoms with Crippen LogP contribution in [0.2, 0.25) is 0 Å². The van der Waals surface area contributed by atoms with Crippen LogP contribution >= 0.6 is 0 Å². The standard InChI is InChI=1S/C18H18N2O5S/c1-25-18(22)13-4-2-5-14(12-13)19-26(23,24)16-9-7-15(8-10-16)20-11-3-6-17(20)21/h2,4-5,7-10,12,19H,3,6,11H2,1H3. The minimum atomic E-state index is -3.82. The number of hydrogen-bond donors (Lipinski definition) is 1. The third kappa shape index (κ3) is 3.70. The smallest absolute Gasteiger partial charge is 0.337 e. The van der Waals surface area contributed by atoms with Gasteiger partial charge in [-0.2, -0.15) is 0 Å². The third-order valence-electron chi connectivity index (χ3n) is 4.07. The molecule has 0 bridgehead atoms. The van der Waals surface area contributed by atoms with Gasteiger partial charge in [0.25, 0.3) is 10.0 Å². The van der Waals surface area contributed by atoms with Gasteiger partial charge in [-0.15, -0.1) is 0 Å². The van der Waals surface area contributed by atoms with E-state index in [0.717, 1.165) is 6.42 Å². The van der Waals surface area contributed by atoms with Gasteiger partial charge in [-0.05, 0) is 48.9 Å². The molecule has 7 nitrogen and oxygen atoms in total. The van der Waals surface area contributed by atoms with Gasteiger partial charge in [0.15, 0.2) is 0 Å². The number of carbonyl (C=O) groups excluding carboxylic acids is 2. The maximum absolute atomic E-state index is 12.5. The third-order valence-corrected chi connectivity index (χ3v) is 5.47. The van der Waals surface area contributed by atoms with Crippen LogP contribution in [0, 0.1) is 0 Å². The van der Waals surface area contributed by atoms with E-state index in [-0.39, 0.29) is 22.1 Å². The molecule has 0 aromatic heterocycles. The van der Waals surface area contributed by atoms with Crippen LogP contribution in [0.1, 0.15) is 23.2 Å². The molecule has 1 amide bonds. The molecular formula is C18H18N2O5S. The fraction of sp³-hybridized carbons (Fsp3) is 0.222. The Kier molecular flexibility index (Phi) is 4.94. The van der Waals surface area contributed by atoms with Gasteiger partial charge in [-0.3, -0.25) is 9.52 Å². The van der Waals surface area contributed by atoms with Crippen molar-refractivity contribution in [3.63, 3.8) is 0 Å². The maximum atomic E-state index is 12.5. The van der Waals surface area contributed by atoms with E-state index in [9.17, 15) is 18.0 Å². The van der Waals surface area contributed by atoms with E-state index in [1.165, 1.54) is 31.4 Å². The fourth-order valence-corrected chi connectivity index (χ4v) is 3.82. The first-order chi connectivity index (χ1) is 12.4. The van der Waals surface area contributed by atoms with Crippen molar-refractivity contribution < 1.29 is 22.7 Å². The highest BCUT2D eigenvalue weighted by molar-refractivity contribution is 7.92. The van der Waals surface area contributed by atoms with Gasteiger partial charge in [0.1, 0.15) is 0 Å². The van der Waals surface area contributed by atoms with Gasteiger partial charge in [0.2, 0.25) is 5.91 Å². The maximum Gasteiger partial charge on any atom is 0.337 e. The van der Waals surface area contributed by atoms with E-state index in [1.54, 1.807) is 29.2 Å². The van der Waals surface area contributed by atoms with Crippen LogP contribution in [-0.2, 0) is 19.6 Å². The van der Waals surface area contributed by atoms with E-state index in [2.05, 4.69) is 9.46 Å². The number of nitrogens with zero attached hydrogens (tertiary/aromatic N) is 1. The summed E-state index contributed by atoms with van der Waals surface area (Å²) in [6.45, 7) is 0.642. The molecule has 136 valence electrons. The van der Waals surface area contributed by atoms with Gasteiger partial charge in [0, 0.05) is 24.3 Å². The summed E-state index contributed by atoms with van der Waals surface area (Å²) >= 11 is 0.